The van der Waals surface area contributed by atoms with Gasteiger partial charge in [-0.1, -0.05) is 86.0 Å². The third-order valence-electron chi connectivity index (χ3n) is 4.71. The van der Waals surface area contributed by atoms with Crippen LogP contribution in [0.3, 0.4) is 0 Å². The molecule has 2 nitrogen and oxygen atoms in total. The molecule has 0 aromatic heterocycles. The van der Waals surface area contributed by atoms with Gasteiger partial charge in [-0.2, -0.15) is 0 Å². The highest BCUT2D eigenvalue weighted by Crippen LogP contribution is 2.36. The summed E-state index contributed by atoms with van der Waals surface area (Å²) in [6.07, 6.45) is 16.0. The molecule has 0 spiro atoms. The summed E-state index contributed by atoms with van der Waals surface area (Å²) >= 11 is 0. The van der Waals surface area contributed by atoms with Crippen LogP contribution in [0.15, 0.2) is 0 Å². The topological polar surface area (TPSA) is 37.3 Å². The molecule has 0 rings (SSSR count). The first-order chi connectivity index (χ1) is 11.4. The molecule has 0 saturated carbocycles. The van der Waals surface area contributed by atoms with Gasteiger partial charge in [-0.25, -0.2) is 0 Å². The number of hydrogen-bond donors (Lipinski definition) is 1. The Balaban J connectivity index is 0. The lowest BCUT2D eigenvalue weighted by molar-refractivity contribution is -0.142. The molecule has 0 radical (unpaired) electrons. The second kappa shape index (κ2) is 17.7. The third kappa shape index (κ3) is 15.4. The maximum atomic E-state index is 10.5. The minimum Gasteiger partial charge on any atom is -0.481 e. The normalized spacial score (nSPS) is 11.3. The second-order valence-corrected chi connectivity index (χ2v) is 8.51. The van der Waals surface area contributed by atoms with Crippen LogP contribution < -0.4 is 0 Å². The largest absolute Gasteiger partial charge is 0.481 e. The maximum absolute atomic E-state index is 10.5. The number of rotatable bonds is 14. The molecule has 0 saturated heterocycles. The summed E-state index contributed by atoms with van der Waals surface area (Å²) in [7, 11) is 3.17. The van der Waals surface area contributed by atoms with Gasteiger partial charge in [0.05, 0.1) is 5.92 Å². The Morgan fingerprint density at radius 1 is 0.792 bits per heavy atom. The van der Waals surface area contributed by atoms with E-state index in [2.05, 4.69) is 30.0 Å². The van der Waals surface area contributed by atoms with E-state index in [1.54, 1.807) is 0 Å². The van der Waals surface area contributed by atoms with Crippen molar-refractivity contribution < 1.29 is 9.90 Å². The molecule has 0 heterocycles. The van der Waals surface area contributed by atoms with E-state index < -0.39 is 5.97 Å². The minimum absolute atomic E-state index is 0.102. The van der Waals surface area contributed by atoms with Crippen LogP contribution in [-0.2, 0) is 4.79 Å². The van der Waals surface area contributed by atoms with Crippen molar-refractivity contribution in [1.82, 2.24) is 0 Å². The van der Waals surface area contributed by atoms with E-state index in [-0.39, 0.29) is 5.92 Å². The third-order valence-corrected chi connectivity index (χ3v) is 5.57. The zero-order valence-corrected chi connectivity index (χ0v) is 18.4. The summed E-state index contributed by atoms with van der Waals surface area (Å²) in [5, 5.41) is 9.21. The molecule has 1 unspecified atom stereocenters. The van der Waals surface area contributed by atoms with E-state index in [4.69, 9.17) is 5.11 Å². The summed E-state index contributed by atoms with van der Waals surface area (Å²) in [4.78, 5) is 10.5. The summed E-state index contributed by atoms with van der Waals surface area (Å²) in [5.74, 6) is -0.737. The van der Waals surface area contributed by atoms with Crippen LogP contribution in [0.25, 0.3) is 0 Å². The molecule has 1 atom stereocenters. The van der Waals surface area contributed by atoms with E-state index in [1.807, 2.05) is 13.8 Å². The Morgan fingerprint density at radius 3 is 1.33 bits per heavy atom. The molecule has 0 aliphatic heterocycles. The van der Waals surface area contributed by atoms with Gasteiger partial charge in [0.1, 0.15) is 0 Å². The lowest BCUT2D eigenvalue weighted by Gasteiger charge is -2.29. The van der Waals surface area contributed by atoms with Gasteiger partial charge < -0.3 is 5.11 Å². The van der Waals surface area contributed by atoms with Gasteiger partial charge in [0, 0.05) is 0 Å². The molecule has 0 bridgehead atoms. The molecule has 24 heavy (non-hydrogen) atoms. The van der Waals surface area contributed by atoms with E-state index in [0.29, 0.717) is 5.16 Å². The van der Waals surface area contributed by atoms with Crippen molar-refractivity contribution in [3.05, 3.63) is 0 Å². The number of carboxylic acid groups (broad SMARTS) is 1. The highest BCUT2D eigenvalue weighted by atomic mass is 31.0. The molecular weight excluding hydrogens is 315 g/mol. The highest BCUT2D eigenvalue weighted by Gasteiger charge is 2.22. The van der Waals surface area contributed by atoms with Crippen molar-refractivity contribution in [3.63, 3.8) is 0 Å². The average molecular weight is 361 g/mol. The van der Waals surface area contributed by atoms with E-state index in [0.717, 1.165) is 25.7 Å². The van der Waals surface area contributed by atoms with Crippen LogP contribution in [-0.4, -0.2) is 16.2 Å². The molecule has 0 fully saturated rings. The van der Waals surface area contributed by atoms with Crippen LogP contribution in [0.4, 0.5) is 0 Å². The monoisotopic (exact) mass is 360 g/mol. The van der Waals surface area contributed by atoms with Gasteiger partial charge in [0.25, 0.3) is 0 Å². The first kappa shape index (κ1) is 26.1. The maximum Gasteiger partial charge on any atom is 0.306 e. The predicted octanol–water partition coefficient (Wildman–Crippen LogP) is 7.46. The van der Waals surface area contributed by atoms with Crippen LogP contribution in [0.1, 0.15) is 118 Å². The van der Waals surface area contributed by atoms with Gasteiger partial charge in [0.15, 0.2) is 0 Å². The first-order valence-corrected chi connectivity index (χ1v) is 11.0. The number of aliphatic carboxylic acids is 1. The molecule has 3 heteroatoms. The van der Waals surface area contributed by atoms with E-state index >= 15 is 0 Å². The summed E-state index contributed by atoms with van der Waals surface area (Å²) in [6, 6.07) is 0. The molecule has 0 aliphatic carbocycles. The van der Waals surface area contributed by atoms with Crippen LogP contribution in [0, 0.1) is 5.92 Å². The molecule has 0 aromatic rings. The van der Waals surface area contributed by atoms with Gasteiger partial charge in [0.2, 0.25) is 0 Å². The minimum atomic E-state index is -0.635. The molecular formula is C21H45O2P. The van der Waals surface area contributed by atoms with Crippen molar-refractivity contribution >= 4 is 15.2 Å². The Morgan fingerprint density at radius 2 is 1.12 bits per heavy atom. The fourth-order valence-corrected chi connectivity index (χ4v) is 3.66. The molecule has 0 amide bonds. The standard InChI is InChI=1S/C13H29P.C8H16O2/c1-4-7-10-13(14,11-8-5-2)12-9-6-3;1-3-5-7(6-4-2)8(9)10/h4-12,14H2,1-3H3;7H,3-6H2,1-2H3,(H,9,10). The fourth-order valence-electron chi connectivity index (χ4n) is 3.05. The number of carbonyl (C=O) groups is 1. The Kier molecular flexibility index (Phi) is 19.3. The number of hydrogen-bond acceptors (Lipinski definition) is 1. The van der Waals surface area contributed by atoms with Crippen LogP contribution >= 0.6 is 9.24 Å². The SMILES string of the molecule is CCCC(CCC)C(=O)O.CCCCC(P)(CCCC)CCCC. The Bertz CT molecular complexity index is 251. The lowest BCUT2D eigenvalue weighted by atomic mass is 9.90. The van der Waals surface area contributed by atoms with Crippen molar-refractivity contribution in [2.24, 2.45) is 5.92 Å². The Hall–Kier alpha value is -0.100. The fraction of sp³-hybridized carbons (Fsp3) is 0.952. The van der Waals surface area contributed by atoms with E-state index in [9.17, 15) is 4.79 Å². The van der Waals surface area contributed by atoms with Crippen LogP contribution in [0.5, 0.6) is 0 Å². The predicted molar refractivity (Wildman–Crippen MR) is 112 cm³/mol. The summed E-state index contributed by atoms with van der Waals surface area (Å²) in [5.41, 5.74) is 0. The summed E-state index contributed by atoms with van der Waals surface area (Å²) in [6.45, 7) is 10.9. The molecule has 146 valence electrons. The average Bonchev–Trinajstić information content (AvgIpc) is 2.57. The molecule has 0 aliphatic rings. The van der Waals surface area contributed by atoms with Crippen molar-refractivity contribution in [2.45, 2.75) is 123 Å². The first-order valence-electron chi connectivity index (χ1n) is 10.4. The quantitative estimate of drug-likeness (QED) is 0.326. The number of unbranched alkanes of at least 4 members (excludes halogenated alkanes) is 3. The van der Waals surface area contributed by atoms with Gasteiger partial charge in [-0.15, -0.1) is 9.24 Å². The highest BCUT2D eigenvalue weighted by molar-refractivity contribution is 7.19. The second-order valence-electron chi connectivity index (χ2n) is 7.29. The molecule has 1 N–H and O–H groups in total. The smallest absolute Gasteiger partial charge is 0.306 e. The van der Waals surface area contributed by atoms with Gasteiger partial charge in [-0.05, 0) is 37.3 Å². The van der Waals surface area contributed by atoms with E-state index in [1.165, 1.54) is 57.8 Å². The van der Waals surface area contributed by atoms with Crippen molar-refractivity contribution in [3.8, 4) is 0 Å². The zero-order valence-electron chi connectivity index (χ0n) is 17.2. The number of carboxylic acids is 1. The molecule has 0 aromatic carbocycles. The lowest BCUT2D eigenvalue weighted by Crippen LogP contribution is -2.20. The zero-order chi connectivity index (χ0) is 18.8. The van der Waals surface area contributed by atoms with Gasteiger partial charge >= 0.3 is 5.97 Å². The Labute approximate surface area is 154 Å². The van der Waals surface area contributed by atoms with Crippen LogP contribution in [0.2, 0.25) is 0 Å². The van der Waals surface area contributed by atoms with Gasteiger partial charge in [-0.3, -0.25) is 4.79 Å². The van der Waals surface area contributed by atoms with Crippen molar-refractivity contribution in [1.29, 1.82) is 0 Å². The summed E-state index contributed by atoms with van der Waals surface area (Å²) < 4.78 is 0. The van der Waals surface area contributed by atoms with Crippen molar-refractivity contribution in [2.75, 3.05) is 0 Å².